The predicted molar refractivity (Wildman–Crippen MR) is 76.9 cm³/mol. The highest BCUT2D eigenvalue weighted by Crippen LogP contribution is 2.16. The van der Waals surface area contributed by atoms with Crippen LogP contribution in [0.2, 0.25) is 5.15 Å². The molecule has 2 rings (SSSR count). The highest BCUT2D eigenvalue weighted by atomic mass is 35.5. The molecule has 4 nitrogen and oxygen atoms in total. The molecule has 0 atom stereocenters. The lowest BCUT2D eigenvalue weighted by Gasteiger charge is -2.07. The number of aryl methyl sites for hydroxylation is 3. The second-order valence-electron chi connectivity index (χ2n) is 4.46. The van der Waals surface area contributed by atoms with Gasteiger partial charge in [-0.2, -0.15) is 5.10 Å². The molecular formula is C14H19ClN4. The summed E-state index contributed by atoms with van der Waals surface area (Å²) in [7, 11) is 0. The molecule has 0 aliphatic heterocycles. The van der Waals surface area contributed by atoms with Crippen molar-refractivity contribution < 1.29 is 0 Å². The third kappa shape index (κ3) is 3.13. The average molecular weight is 279 g/mol. The van der Waals surface area contributed by atoms with Crippen LogP contribution in [0.25, 0.3) is 5.82 Å². The van der Waals surface area contributed by atoms with Gasteiger partial charge in [0.1, 0.15) is 11.0 Å². The Morgan fingerprint density at radius 1 is 1.11 bits per heavy atom. The smallest absolute Gasteiger partial charge is 0.158 e. The Hall–Kier alpha value is -1.42. The lowest BCUT2D eigenvalue weighted by atomic mass is 10.2. The SMILES string of the molecule is CCCc1nc(Cl)cc(-n2nc(CC)cc2CC)n1. The van der Waals surface area contributed by atoms with Gasteiger partial charge in [0.25, 0.3) is 0 Å². The molecule has 0 saturated heterocycles. The Morgan fingerprint density at radius 2 is 1.89 bits per heavy atom. The van der Waals surface area contributed by atoms with Crippen molar-refractivity contribution in [2.45, 2.75) is 46.5 Å². The maximum absolute atomic E-state index is 6.08. The topological polar surface area (TPSA) is 43.6 Å². The molecule has 2 aromatic rings. The third-order valence-corrected chi connectivity index (χ3v) is 3.17. The molecule has 19 heavy (non-hydrogen) atoms. The molecule has 2 aromatic heterocycles. The fourth-order valence-corrected chi connectivity index (χ4v) is 2.19. The molecule has 102 valence electrons. The summed E-state index contributed by atoms with van der Waals surface area (Å²) in [6.45, 7) is 6.31. The standard InChI is InChI=1S/C14H19ClN4/c1-4-7-13-16-12(15)9-14(17-13)19-11(6-3)8-10(5-2)18-19/h8-9H,4-7H2,1-3H3. The summed E-state index contributed by atoms with van der Waals surface area (Å²) < 4.78 is 1.88. The molecule has 0 radical (unpaired) electrons. The van der Waals surface area contributed by atoms with Gasteiger partial charge in [0.2, 0.25) is 0 Å². The zero-order chi connectivity index (χ0) is 13.8. The van der Waals surface area contributed by atoms with Gasteiger partial charge in [0, 0.05) is 18.2 Å². The van der Waals surface area contributed by atoms with Crippen molar-refractivity contribution in [1.29, 1.82) is 0 Å². The zero-order valence-electron chi connectivity index (χ0n) is 11.6. The van der Waals surface area contributed by atoms with Gasteiger partial charge >= 0.3 is 0 Å². The van der Waals surface area contributed by atoms with Gasteiger partial charge in [-0.1, -0.05) is 32.4 Å². The molecule has 0 spiro atoms. The third-order valence-electron chi connectivity index (χ3n) is 2.98. The van der Waals surface area contributed by atoms with E-state index in [1.54, 1.807) is 6.07 Å². The number of aromatic nitrogens is 4. The van der Waals surface area contributed by atoms with E-state index in [2.05, 4.69) is 41.9 Å². The van der Waals surface area contributed by atoms with E-state index >= 15 is 0 Å². The highest BCUT2D eigenvalue weighted by Gasteiger charge is 2.11. The minimum absolute atomic E-state index is 0.476. The highest BCUT2D eigenvalue weighted by molar-refractivity contribution is 6.29. The first kappa shape index (κ1) is 14.0. The molecule has 2 heterocycles. The van der Waals surface area contributed by atoms with Gasteiger partial charge in [-0.25, -0.2) is 14.6 Å². The second-order valence-corrected chi connectivity index (χ2v) is 4.85. The quantitative estimate of drug-likeness (QED) is 0.788. The summed E-state index contributed by atoms with van der Waals surface area (Å²) in [6, 6.07) is 3.89. The van der Waals surface area contributed by atoms with Gasteiger partial charge in [-0.05, 0) is 25.3 Å². The normalized spacial score (nSPS) is 10.9. The zero-order valence-corrected chi connectivity index (χ0v) is 12.4. The van der Waals surface area contributed by atoms with E-state index in [0.29, 0.717) is 5.15 Å². The second kappa shape index (κ2) is 6.15. The minimum atomic E-state index is 0.476. The first-order valence-corrected chi connectivity index (χ1v) is 7.17. The largest absolute Gasteiger partial charge is 0.221 e. The molecule has 0 aliphatic carbocycles. The summed E-state index contributed by atoms with van der Waals surface area (Å²) >= 11 is 6.08. The van der Waals surface area contributed by atoms with Crippen LogP contribution in [0.15, 0.2) is 12.1 Å². The lowest BCUT2D eigenvalue weighted by molar-refractivity contribution is 0.746. The van der Waals surface area contributed by atoms with Crippen molar-refractivity contribution in [1.82, 2.24) is 19.7 Å². The van der Waals surface area contributed by atoms with Gasteiger partial charge < -0.3 is 0 Å². The van der Waals surface area contributed by atoms with E-state index in [9.17, 15) is 0 Å². The van der Waals surface area contributed by atoms with Crippen LogP contribution in [-0.4, -0.2) is 19.7 Å². The Kier molecular flexibility index (Phi) is 4.53. The number of nitrogens with zero attached hydrogens (tertiary/aromatic N) is 4. The van der Waals surface area contributed by atoms with Crippen LogP contribution in [0.4, 0.5) is 0 Å². The van der Waals surface area contributed by atoms with Gasteiger partial charge in [-0.3, -0.25) is 0 Å². The van der Waals surface area contributed by atoms with E-state index in [1.807, 2.05) is 4.68 Å². The number of halogens is 1. The van der Waals surface area contributed by atoms with Gasteiger partial charge in [0.15, 0.2) is 5.82 Å². The van der Waals surface area contributed by atoms with E-state index in [-0.39, 0.29) is 0 Å². The summed E-state index contributed by atoms with van der Waals surface area (Å²) in [5, 5.41) is 5.06. The summed E-state index contributed by atoms with van der Waals surface area (Å²) in [5.41, 5.74) is 2.22. The summed E-state index contributed by atoms with van der Waals surface area (Å²) in [6.07, 6.45) is 3.66. The van der Waals surface area contributed by atoms with Crippen molar-refractivity contribution >= 4 is 11.6 Å². The fourth-order valence-electron chi connectivity index (χ4n) is 1.99. The van der Waals surface area contributed by atoms with Crippen molar-refractivity contribution in [3.8, 4) is 5.82 Å². The van der Waals surface area contributed by atoms with E-state index < -0.39 is 0 Å². The molecule has 0 bridgehead atoms. The summed E-state index contributed by atoms with van der Waals surface area (Å²) in [5.74, 6) is 1.54. The lowest BCUT2D eigenvalue weighted by Crippen LogP contribution is -2.07. The Balaban J connectivity index is 2.48. The number of hydrogen-bond donors (Lipinski definition) is 0. The number of hydrogen-bond acceptors (Lipinski definition) is 3. The van der Waals surface area contributed by atoms with Crippen LogP contribution in [0.5, 0.6) is 0 Å². The van der Waals surface area contributed by atoms with Crippen LogP contribution in [0, 0.1) is 0 Å². The molecule has 0 fully saturated rings. The van der Waals surface area contributed by atoms with Crippen LogP contribution < -0.4 is 0 Å². The molecule has 0 unspecified atom stereocenters. The van der Waals surface area contributed by atoms with Crippen molar-refractivity contribution in [2.75, 3.05) is 0 Å². The fraction of sp³-hybridized carbons (Fsp3) is 0.500. The van der Waals surface area contributed by atoms with Crippen LogP contribution in [0.1, 0.15) is 44.4 Å². The molecule has 0 aliphatic rings. The van der Waals surface area contributed by atoms with Gasteiger partial charge in [-0.15, -0.1) is 0 Å². The molecule has 5 heteroatoms. The van der Waals surface area contributed by atoms with E-state index in [0.717, 1.165) is 48.7 Å². The first-order chi connectivity index (χ1) is 9.17. The Morgan fingerprint density at radius 3 is 2.53 bits per heavy atom. The maximum Gasteiger partial charge on any atom is 0.158 e. The van der Waals surface area contributed by atoms with Crippen LogP contribution in [-0.2, 0) is 19.3 Å². The van der Waals surface area contributed by atoms with E-state index in [1.165, 1.54) is 0 Å². The minimum Gasteiger partial charge on any atom is -0.221 e. The van der Waals surface area contributed by atoms with Crippen molar-refractivity contribution in [2.24, 2.45) is 0 Å². The van der Waals surface area contributed by atoms with Gasteiger partial charge in [0.05, 0.1) is 5.69 Å². The first-order valence-electron chi connectivity index (χ1n) is 6.79. The van der Waals surface area contributed by atoms with Crippen molar-refractivity contribution in [3.63, 3.8) is 0 Å². The number of rotatable bonds is 5. The summed E-state index contributed by atoms with van der Waals surface area (Å²) in [4.78, 5) is 8.80. The van der Waals surface area contributed by atoms with Crippen LogP contribution in [0.3, 0.4) is 0 Å². The Labute approximate surface area is 118 Å². The molecule has 0 amide bonds. The average Bonchev–Trinajstić information content (AvgIpc) is 2.81. The predicted octanol–water partition coefficient (Wildman–Crippen LogP) is 3.39. The molecule has 0 N–H and O–H groups in total. The molecule has 0 aromatic carbocycles. The monoisotopic (exact) mass is 278 g/mol. The Bertz CT molecular complexity index is 563. The molecular weight excluding hydrogens is 260 g/mol. The van der Waals surface area contributed by atoms with Crippen LogP contribution >= 0.6 is 11.6 Å². The maximum atomic E-state index is 6.08. The van der Waals surface area contributed by atoms with Crippen molar-refractivity contribution in [3.05, 3.63) is 34.5 Å². The van der Waals surface area contributed by atoms with E-state index in [4.69, 9.17) is 11.6 Å². The molecule has 0 saturated carbocycles.